The van der Waals surface area contributed by atoms with Crippen LogP contribution in [0.3, 0.4) is 0 Å². The van der Waals surface area contributed by atoms with Gasteiger partial charge in [0.15, 0.2) is 11.4 Å². The number of fused-ring (bicyclic) bond motifs is 1. The summed E-state index contributed by atoms with van der Waals surface area (Å²) in [7, 11) is 1.64. The van der Waals surface area contributed by atoms with Crippen LogP contribution in [0.25, 0.3) is 11.1 Å². The number of hydrogen-bond acceptors (Lipinski definition) is 4. The van der Waals surface area contributed by atoms with Gasteiger partial charge < -0.3 is 9.73 Å². The monoisotopic (exact) mass is 260 g/mol. The second kappa shape index (κ2) is 4.66. The molecule has 19 heavy (non-hydrogen) atoms. The lowest BCUT2D eigenvalue weighted by Gasteiger charge is -2.22. The third kappa shape index (κ3) is 2.10. The molecule has 0 spiro atoms. The lowest BCUT2D eigenvalue weighted by atomic mass is 9.96. The molecule has 2 heterocycles. The molecule has 1 aliphatic rings. The highest BCUT2D eigenvalue weighted by molar-refractivity contribution is 6.02. The first kappa shape index (κ1) is 12.2. The Bertz CT molecular complexity index is 678. The van der Waals surface area contributed by atoms with Crippen molar-refractivity contribution in [3.8, 4) is 0 Å². The van der Waals surface area contributed by atoms with Gasteiger partial charge in [-0.2, -0.15) is 0 Å². The van der Waals surface area contributed by atoms with Crippen molar-refractivity contribution in [2.24, 2.45) is 7.05 Å². The van der Waals surface area contributed by atoms with Gasteiger partial charge in [0, 0.05) is 12.6 Å². The van der Waals surface area contributed by atoms with Crippen LogP contribution in [0.4, 0.5) is 0 Å². The van der Waals surface area contributed by atoms with Crippen LogP contribution in [0.1, 0.15) is 29.6 Å². The number of ketones is 1. The van der Waals surface area contributed by atoms with Gasteiger partial charge in [0.25, 0.3) is 0 Å². The standard InChI is InChI=1S/C14H16N2O3/c1-16-11-8-9(5-6-12(11)19-14(16)18)13(17)10-4-2-3-7-15-10/h5-6,8,10,15H,2-4,7H2,1H3. The summed E-state index contributed by atoms with van der Waals surface area (Å²) in [6.07, 6.45) is 3.08. The highest BCUT2D eigenvalue weighted by Gasteiger charge is 2.22. The van der Waals surface area contributed by atoms with Gasteiger partial charge in [0.2, 0.25) is 0 Å². The van der Waals surface area contributed by atoms with E-state index in [2.05, 4.69) is 5.32 Å². The second-order valence-corrected chi connectivity index (χ2v) is 4.98. The number of aromatic nitrogens is 1. The maximum atomic E-state index is 12.4. The molecule has 1 aromatic carbocycles. The van der Waals surface area contributed by atoms with Gasteiger partial charge in [-0.15, -0.1) is 0 Å². The van der Waals surface area contributed by atoms with Crippen LogP contribution in [0.15, 0.2) is 27.4 Å². The van der Waals surface area contributed by atoms with Crippen molar-refractivity contribution in [1.82, 2.24) is 9.88 Å². The normalized spacial score (nSPS) is 19.7. The van der Waals surface area contributed by atoms with E-state index in [1.165, 1.54) is 4.57 Å². The Morgan fingerprint density at radius 2 is 2.26 bits per heavy atom. The van der Waals surface area contributed by atoms with Crippen molar-refractivity contribution in [3.63, 3.8) is 0 Å². The highest BCUT2D eigenvalue weighted by atomic mass is 16.4. The van der Waals surface area contributed by atoms with Gasteiger partial charge in [-0.05, 0) is 37.6 Å². The number of carbonyl (C=O) groups excluding carboxylic acids is 1. The number of nitrogens with one attached hydrogen (secondary N) is 1. The van der Waals surface area contributed by atoms with Crippen LogP contribution in [0.2, 0.25) is 0 Å². The lowest BCUT2D eigenvalue weighted by Crippen LogP contribution is -2.40. The van der Waals surface area contributed by atoms with E-state index in [4.69, 9.17) is 4.42 Å². The molecule has 1 aromatic heterocycles. The van der Waals surface area contributed by atoms with Gasteiger partial charge in [0.05, 0.1) is 11.6 Å². The molecule has 0 aliphatic carbocycles. The van der Waals surface area contributed by atoms with Crippen molar-refractivity contribution < 1.29 is 9.21 Å². The predicted molar refractivity (Wildman–Crippen MR) is 71.4 cm³/mol. The fourth-order valence-electron chi connectivity index (χ4n) is 2.56. The fraction of sp³-hybridized carbons (Fsp3) is 0.429. The summed E-state index contributed by atoms with van der Waals surface area (Å²) in [5.41, 5.74) is 1.80. The lowest BCUT2D eigenvalue weighted by molar-refractivity contribution is 0.0927. The number of Topliss-reactive ketones (excluding diaryl/α,β-unsaturated/α-hetero) is 1. The van der Waals surface area contributed by atoms with E-state index < -0.39 is 5.76 Å². The quantitative estimate of drug-likeness (QED) is 0.830. The molecule has 0 bridgehead atoms. The summed E-state index contributed by atoms with van der Waals surface area (Å²) in [5.74, 6) is -0.314. The summed E-state index contributed by atoms with van der Waals surface area (Å²) in [4.78, 5) is 23.8. The van der Waals surface area contributed by atoms with Crippen molar-refractivity contribution in [1.29, 1.82) is 0 Å². The van der Waals surface area contributed by atoms with E-state index in [9.17, 15) is 9.59 Å². The predicted octanol–water partition coefficient (Wildman–Crippen LogP) is 1.46. The van der Waals surface area contributed by atoms with Gasteiger partial charge in [0.1, 0.15) is 0 Å². The zero-order valence-corrected chi connectivity index (χ0v) is 10.8. The average molecular weight is 260 g/mol. The van der Waals surface area contributed by atoms with E-state index in [-0.39, 0.29) is 11.8 Å². The Hall–Kier alpha value is -1.88. The SMILES string of the molecule is Cn1c(=O)oc2ccc(C(=O)C3CCCCN3)cc21. The summed E-state index contributed by atoms with van der Waals surface area (Å²) in [5, 5.41) is 3.24. The van der Waals surface area contributed by atoms with E-state index in [0.717, 1.165) is 25.8 Å². The molecule has 1 N–H and O–H groups in total. The molecule has 1 aliphatic heterocycles. The number of carbonyl (C=O) groups is 1. The van der Waals surface area contributed by atoms with E-state index in [1.807, 2.05) is 0 Å². The molecule has 2 aromatic rings. The second-order valence-electron chi connectivity index (χ2n) is 4.98. The third-order valence-electron chi connectivity index (χ3n) is 3.70. The van der Waals surface area contributed by atoms with Crippen molar-refractivity contribution >= 4 is 16.9 Å². The smallest absolute Gasteiger partial charge is 0.408 e. The Morgan fingerprint density at radius 3 is 3.00 bits per heavy atom. The third-order valence-corrected chi connectivity index (χ3v) is 3.70. The maximum absolute atomic E-state index is 12.4. The first-order valence-electron chi connectivity index (χ1n) is 6.54. The number of hydrogen-bond donors (Lipinski definition) is 1. The molecule has 1 saturated heterocycles. The number of oxazole rings is 1. The Labute approximate surface area is 110 Å². The van der Waals surface area contributed by atoms with E-state index >= 15 is 0 Å². The average Bonchev–Trinajstić information content (AvgIpc) is 2.74. The molecule has 1 atom stereocenters. The fourth-order valence-corrected chi connectivity index (χ4v) is 2.56. The van der Waals surface area contributed by atoms with Gasteiger partial charge in [-0.25, -0.2) is 4.79 Å². The minimum atomic E-state index is -0.407. The zero-order valence-electron chi connectivity index (χ0n) is 10.8. The minimum Gasteiger partial charge on any atom is -0.408 e. The molecule has 1 fully saturated rings. The maximum Gasteiger partial charge on any atom is 0.419 e. The Balaban J connectivity index is 1.98. The van der Waals surface area contributed by atoms with Crippen LogP contribution in [-0.2, 0) is 7.05 Å². The largest absolute Gasteiger partial charge is 0.419 e. The van der Waals surface area contributed by atoms with Gasteiger partial charge in [-0.1, -0.05) is 6.42 Å². The van der Waals surface area contributed by atoms with E-state index in [0.29, 0.717) is 16.7 Å². The number of rotatable bonds is 2. The molecule has 5 heteroatoms. The molecule has 0 radical (unpaired) electrons. The summed E-state index contributed by atoms with van der Waals surface area (Å²) >= 11 is 0. The van der Waals surface area contributed by atoms with Crippen LogP contribution in [0.5, 0.6) is 0 Å². The molecule has 5 nitrogen and oxygen atoms in total. The molecule has 3 rings (SSSR count). The topological polar surface area (TPSA) is 64.2 Å². The zero-order chi connectivity index (χ0) is 13.4. The molecule has 100 valence electrons. The molecular weight excluding hydrogens is 244 g/mol. The van der Waals surface area contributed by atoms with Gasteiger partial charge in [-0.3, -0.25) is 9.36 Å². The Morgan fingerprint density at radius 1 is 1.42 bits per heavy atom. The molecular formula is C14H16N2O3. The van der Waals surface area contributed by atoms with Crippen LogP contribution in [0, 0.1) is 0 Å². The Kier molecular flexibility index (Phi) is 2.98. The van der Waals surface area contributed by atoms with Crippen LogP contribution >= 0.6 is 0 Å². The van der Waals surface area contributed by atoms with Crippen molar-refractivity contribution in [2.75, 3.05) is 6.54 Å². The number of piperidine rings is 1. The van der Waals surface area contributed by atoms with Gasteiger partial charge >= 0.3 is 5.76 Å². The molecule has 1 unspecified atom stereocenters. The van der Waals surface area contributed by atoms with Crippen LogP contribution < -0.4 is 11.1 Å². The van der Waals surface area contributed by atoms with Crippen molar-refractivity contribution in [2.45, 2.75) is 25.3 Å². The van der Waals surface area contributed by atoms with Crippen LogP contribution in [-0.4, -0.2) is 22.9 Å². The first-order valence-corrected chi connectivity index (χ1v) is 6.54. The number of nitrogens with zero attached hydrogens (tertiary/aromatic N) is 1. The first-order chi connectivity index (χ1) is 9.16. The summed E-state index contributed by atoms with van der Waals surface area (Å²) in [6, 6.07) is 5.05. The molecule has 0 saturated carbocycles. The minimum absolute atomic E-state index is 0.0928. The number of benzene rings is 1. The number of aryl methyl sites for hydroxylation is 1. The highest BCUT2D eigenvalue weighted by Crippen LogP contribution is 2.18. The molecule has 0 amide bonds. The van der Waals surface area contributed by atoms with Crippen molar-refractivity contribution in [3.05, 3.63) is 34.3 Å². The summed E-state index contributed by atoms with van der Waals surface area (Å²) in [6.45, 7) is 0.892. The summed E-state index contributed by atoms with van der Waals surface area (Å²) < 4.78 is 6.48. The van der Waals surface area contributed by atoms with E-state index in [1.54, 1.807) is 25.2 Å².